The molecule has 0 saturated carbocycles. The summed E-state index contributed by atoms with van der Waals surface area (Å²) in [5.41, 5.74) is 17.3. The van der Waals surface area contributed by atoms with Gasteiger partial charge in [-0.1, -0.05) is 95.2 Å². The van der Waals surface area contributed by atoms with Crippen LogP contribution in [-0.2, 0) is 49.4 Å². The molecule has 60 heavy (non-hydrogen) atoms. The van der Waals surface area contributed by atoms with E-state index in [0.29, 0.717) is 0 Å². The second kappa shape index (κ2) is 18.1. The second-order valence-corrected chi connectivity index (χ2v) is 24.5. The molecule has 7 heterocycles. The SMILES string of the molecule is CC.CCc1ccc2n1Pn1c(CC)ccc1C2.CCc1ccc2n1Pn1c(CC)ccc1C2.Cc1cc(C(C)(C)C)cc2c1Oc1c(C)cc(C(C)(C)C)cc1S2(C)C. The molecule has 0 N–H and O–H groups in total. The molecule has 0 aliphatic carbocycles. The largest absolute Gasteiger partial charge is 0.455 e. The normalized spacial score (nSPS) is 14.8. The molecule has 0 fully saturated rings. The lowest BCUT2D eigenvalue weighted by molar-refractivity contribution is 0.442. The van der Waals surface area contributed by atoms with Gasteiger partial charge in [0.1, 0.15) is 11.5 Å². The van der Waals surface area contributed by atoms with Gasteiger partial charge in [-0.2, -0.15) is 10.0 Å². The van der Waals surface area contributed by atoms with Crippen LogP contribution in [0.5, 0.6) is 11.5 Å². The van der Waals surface area contributed by atoms with Gasteiger partial charge in [0.25, 0.3) is 0 Å². The van der Waals surface area contributed by atoms with Gasteiger partial charge in [-0.25, -0.2) is 0 Å². The molecule has 0 radical (unpaired) electrons. The van der Waals surface area contributed by atoms with Crippen LogP contribution in [0.2, 0.25) is 0 Å². The number of aromatic nitrogens is 4. The Hall–Kier alpha value is -3.43. The standard InChI is InChI=1S/C24H34OS.2C13H17N2P.C2H6/c1-15-11-17(23(3,4)5)13-19-21(15)25-22-16(2)12-18(24(6,7)8)14-20(22)26(19,9)10;2*1-3-10-5-7-12-9-13-8-6-11(4-2)15(13)16-14(10)12;1-2/h11-14H,1-10H3;2*5-8,16H,3-4,9H2,1-2H3;1-2H3. The molecule has 8 heteroatoms. The lowest BCUT2D eigenvalue weighted by Crippen LogP contribution is -2.17. The molecule has 5 nitrogen and oxygen atoms in total. The Morgan fingerprint density at radius 3 is 1.03 bits per heavy atom. The van der Waals surface area contributed by atoms with Crippen molar-refractivity contribution in [1.29, 1.82) is 0 Å². The molecule has 2 aromatic carbocycles. The van der Waals surface area contributed by atoms with Crippen LogP contribution in [0.3, 0.4) is 0 Å². The van der Waals surface area contributed by atoms with E-state index in [4.69, 9.17) is 4.74 Å². The highest BCUT2D eigenvalue weighted by molar-refractivity contribution is 8.32. The lowest BCUT2D eigenvalue weighted by atomic mass is 9.86. The summed E-state index contributed by atoms with van der Waals surface area (Å²) < 4.78 is 16.5. The first-order valence-corrected chi connectivity index (χ1v) is 26.7. The van der Waals surface area contributed by atoms with Crippen LogP contribution in [-0.4, -0.2) is 29.9 Å². The van der Waals surface area contributed by atoms with E-state index in [1.165, 1.54) is 77.6 Å². The molecule has 0 amide bonds. The minimum absolute atomic E-state index is 0.138. The molecular weight excluding hydrogens is 791 g/mol. The maximum atomic E-state index is 6.53. The first-order chi connectivity index (χ1) is 28.4. The van der Waals surface area contributed by atoms with E-state index in [-0.39, 0.29) is 10.8 Å². The van der Waals surface area contributed by atoms with Gasteiger partial charge >= 0.3 is 0 Å². The van der Waals surface area contributed by atoms with E-state index < -0.39 is 10.0 Å². The highest BCUT2D eigenvalue weighted by atomic mass is 32.3. The summed E-state index contributed by atoms with van der Waals surface area (Å²) in [6, 6.07) is 27.7. The van der Waals surface area contributed by atoms with E-state index >= 15 is 0 Å². The van der Waals surface area contributed by atoms with Crippen molar-refractivity contribution < 1.29 is 4.74 Å². The minimum atomic E-state index is -1.14. The van der Waals surface area contributed by atoms with Gasteiger partial charge in [-0.15, -0.1) is 0 Å². The minimum Gasteiger partial charge on any atom is -0.455 e. The Kier molecular flexibility index (Phi) is 13.9. The van der Waals surface area contributed by atoms with Gasteiger partial charge in [0.05, 0.1) is 17.8 Å². The molecule has 4 aromatic heterocycles. The van der Waals surface area contributed by atoms with Crippen molar-refractivity contribution >= 4 is 27.8 Å². The number of aryl methyl sites for hydroxylation is 6. The topological polar surface area (TPSA) is 28.9 Å². The van der Waals surface area contributed by atoms with Gasteiger partial charge < -0.3 is 22.1 Å². The van der Waals surface area contributed by atoms with Crippen LogP contribution in [0.25, 0.3) is 0 Å². The Labute approximate surface area is 368 Å². The number of nitrogens with zero attached hydrogens (tertiary/aromatic N) is 4. The van der Waals surface area contributed by atoms with Crippen molar-refractivity contribution in [1.82, 2.24) is 17.4 Å². The quantitative estimate of drug-likeness (QED) is 0.162. The number of hydrogen-bond donors (Lipinski definition) is 0. The monoisotopic (exact) mass is 865 g/mol. The van der Waals surface area contributed by atoms with E-state index in [9.17, 15) is 0 Å². The van der Waals surface area contributed by atoms with Crippen LogP contribution < -0.4 is 4.74 Å². The number of rotatable bonds is 4. The molecule has 9 rings (SSSR count). The predicted molar refractivity (Wildman–Crippen MR) is 266 cm³/mol. The second-order valence-electron chi connectivity index (χ2n) is 18.7. The Morgan fingerprint density at radius 1 is 0.500 bits per heavy atom. The molecule has 3 aliphatic rings. The van der Waals surface area contributed by atoms with Gasteiger partial charge in [0.15, 0.2) is 0 Å². The van der Waals surface area contributed by atoms with E-state index in [1.54, 1.807) is 0 Å². The molecule has 0 atom stereocenters. The summed E-state index contributed by atoms with van der Waals surface area (Å²) in [5, 5.41) is 0. The molecule has 324 valence electrons. The fraction of sp³-hybridized carbons (Fsp3) is 0.462. The molecule has 3 aliphatic heterocycles. The highest BCUT2D eigenvalue weighted by Crippen LogP contribution is 2.68. The number of fused-ring (bicyclic) bond motifs is 6. The van der Waals surface area contributed by atoms with Crippen molar-refractivity contribution in [3.63, 3.8) is 0 Å². The molecular formula is C52H74N4OP2S. The van der Waals surface area contributed by atoms with Crippen LogP contribution >= 0.6 is 27.8 Å². The summed E-state index contributed by atoms with van der Waals surface area (Å²) in [6.45, 7) is 31.0. The lowest BCUT2D eigenvalue weighted by Gasteiger charge is -2.42. The van der Waals surface area contributed by atoms with E-state index in [1.807, 2.05) is 13.8 Å². The molecule has 0 unspecified atom stereocenters. The Balaban J connectivity index is 0.000000154. The van der Waals surface area contributed by atoms with Gasteiger partial charge in [-0.05, 0) is 146 Å². The van der Waals surface area contributed by atoms with Crippen molar-refractivity contribution in [3.8, 4) is 11.5 Å². The third-order valence-electron chi connectivity index (χ3n) is 12.3. The third-order valence-corrected chi connectivity index (χ3v) is 18.2. The summed E-state index contributed by atoms with van der Waals surface area (Å²) in [6.07, 6.45) is 11.5. The van der Waals surface area contributed by atoms with Crippen LogP contribution in [0.1, 0.15) is 151 Å². The third kappa shape index (κ3) is 8.91. The summed E-state index contributed by atoms with van der Waals surface area (Å²) in [7, 11) is 0.338. The Morgan fingerprint density at radius 2 is 0.783 bits per heavy atom. The van der Waals surface area contributed by atoms with Gasteiger partial charge in [0, 0.05) is 68.2 Å². The number of benzene rings is 2. The van der Waals surface area contributed by atoms with E-state index in [2.05, 4.69) is 186 Å². The van der Waals surface area contributed by atoms with Crippen molar-refractivity contribution in [2.24, 2.45) is 0 Å². The zero-order valence-corrected chi connectivity index (χ0v) is 42.6. The van der Waals surface area contributed by atoms with Gasteiger partial charge in [0.2, 0.25) is 0 Å². The molecule has 0 spiro atoms. The van der Waals surface area contributed by atoms with Crippen LogP contribution in [0, 0.1) is 13.8 Å². The average Bonchev–Trinajstić information content (AvgIpc) is 4.01. The summed E-state index contributed by atoms with van der Waals surface area (Å²) >= 11 is 0. The van der Waals surface area contributed by atoms with E-state index in [0.717, 1.165) is 67.8 Å². The van der Waals surface area contributed by atoms with Crippen molar-refractivity contribution in [2.45, 2.75) is 156 Å². The number of hydrogen-bond acceptors (Lipinski definition) is 1. The molecule has 0 saturated heterocycles. The zero-order chi connectivity index (χ0) is 43.9. The first kappa shape index (κ1) is 46.1. The smallest absolute Gasteiger partial charge is 0.142 e. The number of ether oxygens (including phenoxy) is 1. The predicted octanol–water partition coefficient (Wildman–Crippen LogP) is 15.0. The van der Waals surface area contributed by atoms with Gasteiger partial charge in [-0.3, -0.25) is 0 Å². The summed E-state index contributed by atoms with van der Waals surface area (Å²) in [4.78, 5) is 2.78. The zero-order valence-electron chi connectivity index (χ0n) is 39.8. The Bertz CT molecular complexity index is 2200. The maximum absolute atomic E-state index is 6.53. The summed E-state index contributed by atoms with van der Waals surface area (Å²) in [5.74, 6) is 2.16. The molecule has 6 aromatic rings. The fourth-order valence-corrected chi connectivity index (χ4v) is 13.8. The molecule has 0 bridgehead atoms. The first-order valence-electron chi connectivity index (χ1n) is 22.4. The van der Waals surface area contributed by atoms with Crippen LogP contribution in [0.4, 0.5) is 0 Å². The van der Waals surface area contributed by atoms with Crippen LogP contribution in [0.15, 0.2) is 82.6 Å². The maximum Gasteiger partial charge on any atom is 0.142 e. The highest BCUT2D eigenvalue weighted by Gasteiger charge is 2.35. The van der Waals surface area contributed by atoms with Crippen molar-refractivity contribution in [3.05, 3.63) is 141 Å². The van der Waals surface area contributed by atoms with Crippen molar-refractivity contribution in [2.75, 3.05) is 12.5 Å². The average molecular weight is 865 g/mol. The fourth-order valence-electron chi connectivity index (χ4n) is 8.43.